The molecule has 0 aliphatic heterocycles. The molecule has 120 valence electrons. The third kappa shape index (κ3) is 3.15. The van der Waals surface area contributed by atoms with Crippen LogP contribution >= 0.6 is 0 Å². The van der Waals surface area contributed by atoms with Crippen LogP contribution in [0.4, 0.5) is 0 Å². The van der Waals surface area contributed by atoms with E-state index in [1.807, 2.05) is 0 Å². The minimum Gasteiger partial charge on any atom is -0.0779 e. The highest BCUT2D eigenvalue weighted by molar-refractivity contribution is 6.98. The van der Waals surface area contributed by atoms with E-state index in [9.17, 15) is 0 Å². The van der Waals surface area contributed by atoms with Crippen molar-refractivity contribution in [1.29, 1.82) is 0 Å². The average molecular weight is 313 g/mol. The normalized spacial score (nSPS) is 20.6. The third-order valence-electron chi connectivity index (χ3n) is 5.22. The molecule has 22 heavy (non-hydrogen) atoms. The predicted octanol–water partition coefficient (Wildman–Crippen LogP) is 5.76. The summed E-state index contributed by atoms with van der Waals surface area (Å²) in [6, 6.07) is 6.15. The van der Waals surface area contributed by atoms with Crippen molar-refractivity contribution in [3.8, 4) is 0 Å². The van der Waals surface area contributed by atoms with Crippen LogP contribution in [0.1, 0.15) is 50.3 Å². The lowest BCUT2D eigenvalue weighted by molar-refractivity contribution is 0.870. The Morgan fingerprint density at radius 2 is 1.59 bits per heavy atom. The van der Waals surface area contributed by atoms with Crippen LogP contribution in [-0.2, 0) is 0 Å². The van der Waals surface area contributed by atoms with Gasteiger partial charge >= 0.3 is 0 Å². The summed E-state index contributed by atoms with van der Waals surface area (Å²) in [4.78, 5) is 0. The zero-order valence-corrected chi connectivity index (χ0v) is 16.5. The summed E-state index contributed by atoms with van der Waals surface area (Å²) >= 11 is 0. The van der Waals surface area contributed by atoms with Gasteiger partial charge in [-0.15, -0.1) is 0 Å². The van der Waals surface area contributed by atoms with Crippen molar-refractivity contribution in [3.63, 3.8) is 0 Å². The van der Waals surface area contributed by atoms with E-state index in [0.717, 1.165) is 0 Å². The van der Waals surface area contributed by atoms with Gasteiger partial charge in [0.15, 0.2) is 0 Å². The van der Waals surface area contributed by atoms with Gasteiger partial charge in [-0.3, -0.25) is 0 Å². The minimum atomic E-state index is -1.64. The molecule has 2 unspecified atom stereocenters. The molecule has 0 amide bonds. The molecule has 2 rings (SSSR count). The van der Waals surface area contributed by atoms with Gasteiger partial charge in [0, 0.05) is 0 Å². The molecule has 1 aromatic carbocycles. The molecular weight excluding hydrogens is 280 g/mol. The fraction of sp³-hybridized carbons (Fsp3) is 0.524. The van der Waals surface area contributed by atoms with Crippen molar-refractivity contribution in [3.05, 3.63) is 51.7 Å². The maximum absolute atomic E-state index is 2.61. The minimum absolute atomic E-state index is 0.606. The molecule has 0 fully saturated rings. The molecule has 0 radical (unpaired) electrons. The molecule has 2 atom stereocenters. The quantitative estimate of drug-likeness (QED) is 0.606. The second-order valence-corrected chi connectivity index (χ2v) is 11.7. The summed E-state index contributed by atoms with van der Waals surface area (Å²) in [6.45, 7) is 16.4. The smallest absolute Gasteiger partial charge is 0.0779 e. The molecule has 1 aliphatic carbocycles. The zero-order valence-electron chi connectivity index (χ0n) is 15.5. The molecule has 0 saturated heterocycles. The van der Waals surface area contributed by atoms with E-state index >= 15 is 0 Å². The van der Waals surface area contributed by atoms with Crippen LogP contribution < -0.4 is 5.19 Å². The van der Waals surface area contributed by atoms with Crippen LogP contribution in [0.15, 0.2) is 35.1 Å². The zero-order chi connectivity index (χ0) is 16.5. The number of hydrogen-bond donors (Lipinski definition) is 0. The van der Waals surface area contributed by atoms with Crippen LogP contribution in [0.3, 0.4) is 0 Å². The first-order valence-electron chi connectivity index (χ1n) is 8.79. The van der Waals surface area contributed by atoms with Gasteiger partial charge in [-0.05, 0) is 44.8 Å². The summed E-state index contributed by atoms with van der Waals surface area (Å²) in [6.07, 6.45) is 7.63. The van der Waals surface area contributed by atoms with E-state index in [-0.39, 0.29) is 0 Å². The molecule has 0 spiro atoms. The van der Waals surface area contributed by atoms with Crippen LogP contribution in [0.5, 0.6) is 0 Å². The first-order chi connectivity index (χ1) is 10.3. The fourth-order valence-corrected chi connectivity index (χ4v) is 9.84. The first-order valence-corrected chi connectivity index (χ1v) is 11.5. The van der Waals surface area contributed by atoms with Gasteiger partial charge in [0.05, 0.1) is 0 Å². The Morgan fingerprint density at radius 3 is 2.05 bits per heavy atom. The number of rotatable bonds is 5. The van der Waals surface area contributed by atoms with Crippen molar-refractivity contribution < 1.29 is 0 Å². The average Bonchev–Trinajstić information content (AvgIpc) is 2.74. The molecule has 1 heteroatoms. The van der Waals surface area contributed by atoms with Gasteiger partial charge in [-0.1, -0.05) is 85.0 Å². The van der Waals surface area contributed by atoms with Crippen molar-refractivity contribution in [2.45, 2.75) is 67.0 Å². The Bertz CT molecular complexity index is 598. The van der Waals surface area contributed by atoms with Crippen LogP contribution in [0.25, 0.3) is 0 Å². The molecule has 0 saturated carbocycles. The van der Waals surface area contributed by atoms with Crippen LogP contribution in [0, 0.1) is 26.7 Å². The Balaban J connectivity index is 2.61. The number of hydrogen-bond acceptors (Lipinski definition) is 0. The van der Waals surface area contributed by atoms with Gasteiger partial charge in [0.2, 0.25) is 0 Å². The highest BCUT2D eigenvalue weighted by Gasteiger charge is 2.37. The molecule has 1 aliphatic rings. The van der Waals surface area contributed by atoms with E-state index in [0.29, 0.717) is 5.92 Å². The van der Waals surface area contributed by atoms with Gasteiger partial charge < -0.3 is 0 Å². The maximum atomic E-state index is 2.61. The second kappa shape index (κ2) is 6.58. The Kier molecular flexibility index (Phi) is 5.16. The molecule has 0 nitrogen and oxygen atoms in total. The summed E-state index contributed by atoms with van der Waals surface area (Å²) in [7, 11) is -1.64. The first kappa shape index (κ1) is 17.3. The molecule has 0 aromatic heterocycles. The number of benzene rings is 1. The highest BCUT2D eigenvalue weighted by atomic mass is 28.3. The Labute approximate surface area is 138 Å². The summed E-state index contributed by atoms with van der Waals surface area (Å²) < 4.78 is 0. The fourth-order valence-electron chi connectivity index (χ4n) is 4.52. The van der Waals surface area contributed by atoms with E-state index in [2.05, 4.69) is 72.4 Å². The van der Waals surface area contributed by atoms with Gasteiger partial charge in [-0.2, -0.15) is 0 Å². The second-order valence-electron chi connectivity index (χ2n) is 7.50. The van der Waals surface area contributed by atoms with E-state index < -0.39 is 8.07 Å². The van der Waals surface area contributed by atoms with Crippen LogP contribution in [0.2, 0.25) is 12.6 Å². The lowest BCUT2D eigenvalue weighted by atomic mass is 10.1. The van der Waals surface area contributed by atoms with E-state index in [1.54, 1.807) is 10.4 Å². The number of unbranched alkanes of at least 4 members (excludes halogenated alkanes) is 1. The molecule has 0 bridgehead atoms. The lowest BCUT2D eigenvalue weighted by Crippen LogP contribution is -2.49. The van der Waals surface area contributed by atoms with E-state index in [1.165, 1.54) is 41.1 Å². The van der Waals surface area contributed by atoms with E-state index in [4.69, 9.17) is 0 Å². The Hall–Kier alpha value is -1.08. The predicted molar refractivity (Wildman–Crippen MR) is 103 cm³/mol. The van der Waals surface area contributed by atoms with Crippen molar-refractivity contribution >= 4 is 13.3 Å². The van der Waals surface area contributed by atoms with Crippen LogP contribution in [-0.4, -0.2) is 8.07 Å². The van der Waals surface area contributed by atoms with Gasteiger partial charge in [0.1, 0.15) is 8.07 Å². The summed E-state index contributed by atoms with van der Waals surface area (Å²) in [5.74, 6) is 0.606. The van der Waals surface area contributed by atoms with Gasteiger partial charge in [0.25, 0.3) is 0 Å². The number of allylic oxidation sites excluding steroid dienone is 4. The van der Waals surface area contributed by atoms with Crippen molar-refractivity contribution in [2.75, 3.05) is 0 Å². The van der Waals surface area contributed by atoms with Gasteiger partial charge in [-0.25, -0.2) is 0 Å². The SMILES string of the molecule is CCCC[Si](C)(C1=CC(C)C=C1C)c1c(C)cc(C)cc1C. The molecule has 1 aromatic rings. The maximum Gasteiger partial charge on any atom is 0.115 e. The molecule has 0 heterocycles. The number of aryl methyl sites for hydroxylation is 3. The summed E-state index contributed by atoms with van der Waals surface area (Å²) in [5.41, 5.74) is 5.95. The van der Waals surface area contributed by atoms with Crippen molar-refractivity contribution in [2.24, 2.45) is 5.92 Å². The molecular formula is C21H32Si. The Morgan fingerprint density at radius 1 is 1.00 bits per heavy atom. The summed E-state index contributed by atoms with van der Waals surface area (Å²) in [5, 5.41) is 3.39. The van der Waals surface area contributed by atoms with Crippen molar-refractivity contribution in [1.82, 2.24) is 0 Å². The highest BCUT2D eigenvalue weighted by Crippen LogP contribution is 2.35. The lowest BCUT2D eigenvalue weighted by Gasteiger charge is -2.34. The monoisotopic (exact) mass is 312 g/mol. The third-order valence-corrected chi connectivity index (χ3v) is 10.2. The standard InChI is InChI=1S/C21H32Si/c1-8-9-10-22(7,20-14-16(3)11-17(20)4)21-18(5)12-15(2)13-19(21)6/h11-14,16H,8-10H2,1-7H3. The molecule has 0 N–H and O–H groups in total. The largest absolute Gasteiger partial charge is 0.115 e. The topological polar surface area (TPSA) is 0 Å².